The smallest absolute Gasteiger partial charge is 0.330 e. The molecule has 35 heavy (non-hydrogen) atoms. The standard InChI is InChI=1S/C30H44O5/c1-6-33-27(9-8-10-28(32)34-7-2)26-14-13-24-23-12-11-21-19-22(35-20(3)31)15-17-29(21,4)25(23)16-18-30(24,26)5/h8-11,22-26H,6-7,12-19H2,1-5H3/b10-8-,27-9+/t22-,23-,24-,25-,26+,29-,30-/m0/s1. The van der Waals surface area contributed by atoms with Crippen molar-refractivity contribution >= 4 is 11.9 Å². The number of hydrogen-bond acceptors (Lipinski definition) is 5. The van der Waals surface area contributed by atoms with Crippen LogP contribution in [0.1, 0.15) is 86.0 Å². The van der Waals surface area contributed by atoms with Gasteiger partial charge in [0.05, 0.1) is 19.0 Å². The molecule has 0 aromatic heterocycles. The zero-order valence-electron chi connectivity index (χ0n) is 22.3. The summed E-state index contributed by atoms with van der Waals surface area (Å²) in [5.41, 5.74) is 1.99. The topological polar surface area (TPSA) is 61.8 Å². The molecule has 5 heteroatoms. The summed E-state index contributed by atoms with van der Waals surface area (Å²) in [5, 5.41) is 0. The van der Waals surface area contributed by atoms with Gasteiger partial charge in [0, 0.05) is 25.3 Å². The quantitative estimate of drug-likeness (QED) is 0.135. The Morgan fingerprint density at radius 2 is 1.80 bits per heavy atom. The molecule has 0 aromatic rings. The maximum absolute atomic E-state index is 11.8. The Kier molecular flexibility index (Phi) is 7.83. The summed E-state index contributed by atoms with van der Waals surface area (Å²) in [6, 6.07) is 0. The van der Waals surface area contributed by atoms with Crippen LogP contribution in [0.5, 0.6) is 0 Å². The van der Waals surface area contributed by atoms with E-state index in [0.29, 0.717) is 36.9 Å². The summed E-state index contributed by atoms with van der Waals surface area (Å²) in [4.78, 5) is 23.3. The van der Waals surface area contributed by atoms with Crippen molar-refractivity contribution in [2.45, 2.75) is 92.1 Å². The van der Waals surface area contributed by atoms with E-state index in [4.69, 9.17) is 14.2 Å². The largest absolute Gasteiger partial charge is 0.498 e. The lowest BCUT2D eigenvalue weighted by atomic mass is 9.47. The number of carbonyl (C=O) groups excluding carboxylic acids is 2. The summed E-state index contributed by atoms with van der Waals surface area (Å²) < 4.78 is 16.8. The van der Waals surface area contributed by atoms with Crippen molar-refractivity contribution in [2.75, 3.05) is 13.2 Å². The van der Waals surface area contributed by atoms with Crippen molar-refractivity contribution in [3.05, 3.63) is 35.6 Å². The number of fused-ring (bicyclic) bond motifs is 5. The first-order chi connectivity index (χ1) is 16.7. The normalized spacial score (nSPS) is 38.7. The third-order valence-corrected chi connectivity index (χ3v) is 9.83. The summed E-state index contributed by atoms with van der Waals surface area (Å²) in [6.45, 7) is 11.4. The SMILES string of the molecule is CCOC(=O)/C=C\C=C(\OCC)[C@H]1CC[C@H]2[C@@H]3CC=C4C[C@@H](OC(C)=O)CC[C@]4(C)[C@H]3CC[C@]12C. The highest BCUT2D eigenvalue weighted by molar-refractivity contribution is 5.82. The first kappa shape index (κ1) is 26.0. The van der Waals surface area contributed by atoms with E-state index in [9.17, 15) is 9.59 Å². The van der Waals surface area contributed by atoms with Crippen LogP contribution in [0.2, 0.25) is 0 Å². The molecule has 0 amide bonds. The van der Waals surface area contributed by atoms with Gasteiger partial charge >= 0.3 is 11.9 Å². The summed E-state index contributed by atoms with van der Waals surface area (Å²) >= 11 is 0. The van der Waals surface area contributed by atoms with E-state index in [1.54, 1.807) is 6.08 Å². The van der Waals surface area contributed by atoms with E-state index in [1.807, 2.05) is 19.9 Å². The minimum absolute atomic E-state index is 0.0506. The highest BCUT2D eigenvalue weighted by Crippen LogP contribution is 2.67. The fourth-order valence-electron chi connectivity index (χ4n) is 8.27. The van der Waals surface area contributed by atoms with Gasteiger partial charge in [-0.15, -0.1) is 0 Å². The Morgan fingerprint density at radius 1 is 1.03 bits per heavy atom. The molecule has 0 radical (unpaired) electrons. The Morgan fingerprint density at radius 3 is 2.51 bits per heavy atom. The van der Waals surface area contributed by atoms with Gasteiger partial charge in [-0.25, -0.2) is 4.79 Å². The minimum Gasteiger partial charge on any atom is -0.498 e. The van der Waals surface area contributed by atoms with Gasteiger partial charge in [-0.1, -0.05) is 31.6 Å². The molecular formula is C30H44O5. The molecule has 4 aliphatic carbocycles. The van der Waals surface area contributed by atoms with Crippen molar-refractivity contribution in [3.8, 4) is 0 Å². The van der Waals surface area contributed by atoms with E-state index < -0.39 is 0 Å². The minimum atomic E-state index is -0.308. The Balaban J connectivity index is 1.53. The predicted octanol–water partition coefficient (Wildman–Crippen LogP) is 6.54. The molecular weight excluding hydrogens is 440 g/mol. The predicted molar refractivity (Wildman–Crippen MR) is 136 cm³/mol. The molecule has 0 N–H and O–H groups in total. The maximum Gasteiger partial charge on any atom is 0.330 e. The molecule has 7 atom stereocenters. The fourth-order valence-corrected chi connectivity index (χ4v) is 8.27. The highest BCUT2D eigenvalue weighted by atomic mass is 16.5. The van der Waals surface area contributed by atoms with Gasteiger partial charge in [-0.3, -0.25) is 4.79 Å². The molecule has 0 spiro atoms. The van der Waals surface area contributed by atoms with Crippen LogP contribution in [0.3, 0.4) is 0 Å². The average Bonchev–Trinajstić information content (AvgIpc) is 3.16. The van der Waals surface area contributed by atoms with Crippen LogP contribution in [0.4, 0.5) is 0 Å². The third kappa shape index (κ3) is 4.97. The van der Waals surface area contributed by atoms with Crippen molar-refractivity contribution in [1.29, 1.82) is 0 Å². The van der Waals surface area contributed by atoms with Crippen molar-refractivity contribution in [3.63, 3.8) is 0 Å². The van der Waals surface area contributed by atoms with Gasteiger partial charge in [0.1, 0.15) is 6.10 Å². The lowest BCUT2D eigenvalue weighted by Crippen LogP contribution is -2.50. The summed E-state index contributed by atoms with van der Waals surface area (Å²) in [5.74, 6) is 3.04. The molecule has 3 fully saturated rings. The first-order valence-corrected chi connectivity index (χ1v) is 13.8. The van der Waals surface area contributed by atoms with Gasteiger partial charge in [0.25, 0.3) is 0 Å². The second-order valence-corrected chi connectivity index (χ2v) is 11.5. The number of hydrogen-bond donors (Lipinski definition) is 0. The zero-order valence-corrected chi connectivity index (χ0v) is 22.3. The Bertz CT molecular complexity index is 900. The molecule has 194 valence electrons. The lowest BCUT2D eigenvalue weighted by Gasteiger charge is -2.58. The Hall–Kier alpha value is -2.04. The summed E-state index contributed by atoms with van der Waals surface area (Å²) in [6.07, 6.45) is 16.9. The van der Waals surface area contributed by atoms with Crippen LogP contribution in [0.15, 0.2) is 35.6 Å². The molecule has 0 bridgehead atoms. The molecule has 4 rings (SSSR count). The maximum atomic E-state index is 11.8. The number of ether oxygens (including phenoxy) is 3. The molecule has 0 aliphatic heterocycles. The van der Waals surface area contributed by atoms with Gasteiger partial charge in [-0.05, 0) is 93.5 Å². The molecule has 0 saturated heterocycles. The third-order valence-electron chi connectivity index (χ3n) is 9.83. The van der Waals surface area contributed by atoms with Crippen LogP contribution in [-0.2, 0) is 23.8 Å². The monoisotopic (exact) mass is 484 g/mol. The van der Waals surface area contributed by atoms with Crippen molar-refractivity contribution < 1.29 is 23.8 Å². The number of esters is 2. The van der Waals surface area contributed by atoms with Crippen molar-refractivity contribution in [2.24, 2.45) is 34.5 Å². The van der Waals surface area contributed by atoms with Crippen molar-refractivity contribution in [1.82, 2.24) is 0 Å². The van der Waals surface area contributed by atoms with E-state index in [1.165, 1.54) is 37.8 Å². The first-order valence-electron chi connectivity index (χ1n) is 13.8. The highest BCUT2D eigenvalue weighted by Gasteiger charge is 2.59. The van der Waals surface area contributed by atoms with Gasteiger partial charge < -0.3 is 14.2 Å². The molecule has 0 heterocycles. The number of allylic oxidation sites excluding steroid dienone is 4. The molecule has 4 aliphatic rings. The lowest BCUT2D eigenvalue weighted by molar-refractivity contribution is -0.148. The second kappa shape index (κ2) is 10.5. The van der Waals surface area contributed by atoms with E-state index in [2.05, 4.69) is 19.9 Å². The van der Waals surface area contributed by atoms with Gasteiger partial charge in [0.2, 0.25) is 0 Å². The van der Waals surface area contributed by atoms with E-state index >= 15 is 0 Å². The Labute approximate surface area is 211 Å². The zero-order chi connectivity index (χ0) is 25.2. The number of rotatable bonds is 7. The van der Waals surface area contributed by atoms with E-state index in [-0.39, 0.29) is 28.9 Å². The molecule has 0 unspecified atom stereocenters. The van der Waals surface area contributed by atoms with Crippen LogP contribution >= 0.6 is 0 Å². The number of carbonyl (C=O) groups is 2. The molecule has 3 saturated carbocycles. The summed E-state index contributed by atoms with van der Waals surface area (Å²) in [7, 11) is 0. The van der Waals surface area contributed by atoms with Gasteiger partial charge in [0.15, 0.2) is 0 Å². The van der Waals surface area contributed by atoms with Crippen LogP contribution in [0, 0.1) is 34.5 Å². The van der Waals surface area contributed by atoms with Gasteiger partial charge in [-0.2, -0.15) is 0 Å². The molecule has 0 aromatic carbocycles. The van der Waals surface area contributed by atoms with Crippen LogP contribution in [-0.4, -0.2) is 31.3 Å². The second-order valence-electron chi connectivity index (χ2n) is 11.5. The average molecular weight is 485 g/mol. The van der Waals surface area contributed by atoms with Crippen LogP contribution in [0.25, 0.3) is 0 Å². The van der Waals surface area contributed by atoms with Crippen LogP contribution < -0.4 is 0 Å². The fraction of sp³-hybridized carbons (Fsp3) is 0.733. The molecule has 5 nitrogen and oxygen atoms in total. The van der Waals surface area contributed by atoms with E-state index in [0.717, 1.165) is 37.9 Å².